The van der Waals surface area contributed by atoms with Crippen LogP contribution in [0.15, 0.2) is 36.5 Å². The average Bonchev–Trinajstić information content (AvgIpc) is 3.12. The molecule has 1 unspecified atom stereocenters. The van der Waals surface area contributed by atoms with Gasteiger partial charge in [0.05, 0.1) is 6.54 Å². The Hall–Kier alpha value is -3.07. The summed E-state index contributed by atoms with van der Waals surface area (Å²) in [7, 11) is 0. The first-order valence-corrected chi connectivity index (χ1v) is 8.32. The number of aromatic nitrogens is 2. The van der Waals surface area contributed by atoms with Crippen molar-refractivity contribution >= 4 is 23.4 Å². The normalized spacial score (nSPS) is 16.3. The molecule has 1 aromatic carbocycles. The third-order valence-corrected chi connectivity index (χ3v) is 4.14. The monoisotopic (exact) mass is 335 g/mol. The van der Waals surface area contributed by atoms with Crippen molar-refractivity contribution in [2.75, 3.05) is 23.3 Å². The van der Waals surface area contributed by atoms with Gasteiger partial charge in [0, 0.05) is 18.4 Å². The summed E-state index contributed by atoms with van der Waals surface area (Å²) in [4.78, 5) is 23.1. The second-order valence-corrected chi connectivity index (χ2v) is 6.01. The molecule has 1 aliphatic heterocycles. The molecule has 1 fully saturated rings. The fourth-order valence-electron chi connectivity index (χ4n) is 2.88. The summed E-state index contributed by atoms with van der Waals surface area (Å²) in [5.41, 5.74) is 2.16. The number of nitrogens with zero attached hydrogens (tertiary/aromatic N) is 3. The molecular weight excluding hydrogens is 314 g/mol. The molecule has 1 atom stereocenters. The molecule has 6 heteroatoms. The van der Waals surface area contributed by atoms with Crippen LogP contribution in [0.25, 0.3) is 0 Å². The van der Waals surface area contributed by atoms with Crippen LogP contribution in [-0.4, -0.2) is 35.0 Å². The highest BCUT2D eigenvalue weighted by Crippen LogP contribution is 2.24. The third kappa shape index (κ3) is 4.07. The Balaban J connectivity index is 1.75. The zero-order valence-electron chi connectivity index (χ0n) is 14.2. The van der Waals surface area contributed by atoms with E-state index in [9.17, 15) is 4.79 Å². The molecule has 1 saturated heterocycles. The number of rotatable bonds is 5. The Morgan fingerprint density at radius 2 is 2.16 bits per heavy atom. The van der Waals surface area contributed by atoms with Crippen LogP contribution in [0.5, 0.6) is 0 Å². The fraction of sp³-hybridized carbons (Fsp3) is 0.316. The first-order valence-electron chi connectivity index (χ1n) is 8.32. The van der Waals surface area contributed by atoms with Crippen molar-refractivity contribution in [2.45, 2.75) is 25.8 Å². The van der Waals surface area contributed by atoms with Crippen molar-refractivity contribution in [2.24, 2.45) is 0 Å². The van der Waals surface area contributed by atoms with Crippen molar-refractivity contribution in [1.29, 1.82) is 0 Å². The van der Waals surface area contributed by atoms with Gasteiger partial charge in [0.15, 0.2) is 0 Å². The Morgan fingerprint density at radius 1 is 1.36 bits per heavy atom. The van der Waals surface area contributed by atoms with E-state index in [1.54, 1.807) is 6.20 Å². The summed E-state index contributed by atoms with van der Waals surface area (Å²) in [6.07, 6.45) is 8.61. The van der Waals surface area contributed by atoms with Gasteiger partial charge < -0.3 is 15.5 Å². The smallest absolute Gasteiger partial charge is 0.243 e. The van der Waals surface area contributed by atoms with Gasteiger partial charge in [0.25, 0.3) is 0 Å². The zero-order chi connectivity index (χ0) is 17.6. The number of anilines is 3. The molecule has 1 aromatic heterocycles. The molecule has 1 aliphatic rings. The number of hydrogen-bond acceptors (Lipinski definition) is 5. The molecule has 0 radical (unpaired) electrons. The minimum absolute atomic E-state index is 0.0732. The van der Waals surface area contributed by atoms with E-state index < -0.39 is 0 Å². The summed E-state index contributed by atoms with van der Waals surface area (Å²) in [5.74, 6) is 3.60. The number of amides is 1. The van der Waals surface area contributed by atoms with Crippen LogP contribution in [0.1, 0.15) is 18.4 Å². The lowest BCUT2D eigenvalue weighted by molar-refractivity contribution is -0.121. The Labute approximate surface area is 147 Å². The van der Waals surface area contributed by atoms with E-state index in [0.29, 0.717) is 11.8 Å². The molecule has 2 N–H and O–H groups in total. The summed E-state index contributed by atoms with van der Waals surface area (Å²) >= 11 is 0. The van der Waals surface area contributed by atoms with Crippen LogP contribution in [0.2, 0.25) is 0 Å². The van der Waals surface area contributed by atoms with Gasteiger partial charge in [-0.3, -0.25) is 4.79 Å². The number of benzene rings is 1. The summed E-state index contributed by atoms with van der Waals surface area (Å²) < 4.78 is 0. The van der Waals surface area contributed by atoms with Crippen LogP contribution in [0.3, 0.4) is 0 Å². The van der Waals surface area contributed by atoms with Crippen molar-refractivity contribution in [3.63, 3.8) is 0 Å². The molecule has 3 rings (SSSR count). The second kappa shape index (κ2) is 7.67. The highest BCUT2D eigenvalue weighted by atomic mass is 16.2. The van der Waals surface area contributed by atoms with Gasteiger partial charge in [-0.25, -0.2) is 4.98 Å². The Kier molecular flexibility index (Phi) is 5.14. The molecule has 0 bridgehead atoms. The van der Waals surface area contributed by atoms with Crippen molar-refractivity contribution < 1.29 is 4.79 Å². The van der Waals surface area contributed by atoms with E-state index in [1.807, 2.05) is 42.2 Å². The number of carbonyl (C=O) groups excluding carboxylic acids is 1. The van der Waals surface area contributed by atoms with Gasteiger partial charge in [-0.05, 0) is 38.0 Å². The molecule has 0 saturated carbocycles. The maximum Gasteiger partial charge on any atom is 0.243 e. The molecule has 2 aromatic rings. The third-order valence-electron chi connectivity index (χ3n) is 4.14. The van der Waals surface area contributed by atoms with E-state index in [1.165, 1.54) is 5.56 Å². The molecule has 0 aliphatic carbocycles. The predicted molar refractivity (Wildman–Crippen MR) is 98.7 cm³/mol. The molecular formula is C19H21N5O. The second-order valence-electron chi connectivity index (χ2n) is 6.01. The Bertz CT molecular complexity index is 781. The van der Waals surface area contributed by atoms with Crippen molar-refractivity contribution in [1.82, 2.24) is 15.3 Å². The van der Waals surface area contributed by atoms with Crippen LogP contribution in [0, 0.1) is 19.3 Å². The first kappa shape index (κ1) is 16.8. The molecule has 25 heavy (non-hydrogen) atoms. The van der Waals surface area contributed by atoms with Gasteiger partial charge in [0.1, 0.15) is 11.9 Å². The molecule has 6 nitrogen and oxygen atoms in total. The molecule has 128 valence electrons. The quantitative estimate of drug-likeness (QED) is 0.820. The lowest BCUT2D eigenvalue weighted by Gasteiger charge is -2.23. The van der Waals surface area contributed by atoms with E-state index in [-0.39, 0.29) is 18.5 Å². The van der Waals surface area contributed by atoms with Gasteiger partial charge in [-0.2, -0.15) is 4.98 Å². The molecule has 1 amide bonds. The minimum Gasteiger partial charge on any atom is -0.343 e. The van der Waals surface area contributed by atoms with Crippen LogP contribution in [-0.2, 0) is 4.79 Å². The fourth-order valence-corrected chi connectivity index (χ4v) is 2.88. The molecule has 0 spiro atoms. The van der Waals surface area contributed by atoms with E-state index in [4.69, 9.17) is 6.42 Å². The lowest BCUT2D eigenvalue weighted by atomic mass is 10.2. The van der Waals surface area contributed by atoms with Gasteiger partial charge >= 0.3 is 0 Å². The zero-order valence-corrected chi connectivity index (χ0v) is 14.2. The number of nitrogens with one attached hydrogen (secondary N) is 2. The van der Waals surface area contributed by atoms with Gasteiger partial charge in [0.2, 0.25) is 11.9 Å². The summed E-state index contributed by atoms with van der Waals surface area (Å²) in [6.45, 7) is 3.03. The summed E-state index contributed by atoms with van der Waals surface area (Å²) in [5, 5.41) is 6.01. The van der Waals surface area contributed by atoms with E-state index >= 15 is 0 Å². The minimum atomic E-state index is -0.275. The maximum atomic E-state index is 12.3. The van der Waals surface area contributed by atoms with Crippen LogP contribution < -0.4 is 15.5 Å². The summed E-state index contributed by atoms with van der Waals surface area (Å²) in [6, 6.07) is 9.62. The average molecular weight is 335 g/mol. The number of hydrogen-bond donors (Lipinski definition) is 2. The highest BCUT2D eigenvalue weighted by Gasteiger charge is 2.32. The Morgan fingerprint density at radius 3 is 2.92 bits per heavy atom. The number of carbonyl (C=O) groups is 1. The molecule has 2 heterocycles. The first-order chi connectivity index (χ1) is 12.2. The van der Waals surface area contributed by atoms with E-state index in [2.05, 4.69) is 26.5 Å². The van der Waals surface area contributed by atoms with Crippen LogP contribution >= 0.6 is 0 Å². The SMILES string of the molecule is C#CCNC(=O)C1CCCN1c1nccc(Nc2ccc(C)cc2)n1. The number of terminal acetylenes is 1. The van der Waals surface area contributed by atoms with Gasteiger partial charge in [-0.15, -0.1) is 6.42 Å². The van der Waals surface area contributed by atoms with Crippen molar-refractivity contribution in [3.8, 4) is 12.3 Å². The predicted octanol–water partition coefficient (Wildman–Crippen LogP) is 2.25. The van der Waals surface area contributed by atoms with Crippen LogP contribution in [0.4, 0.5) is 17.5 Å². The highest BCUT2D eigenvalue weighted by molar-refractivity contribution is 5.85. The van der Waals surface area contributed by atoms with Gasteiger partial charge in [-0.1, -0.05) is 23.6 Å². The largest absolute Gasteiger partial charge is 0.343 e. The maximum absolute atomic E-state index is 12.3. The number of aryl methyl sites for hydroxylation is 1. The van der Waals surface area contributed by atoms with Crippen molar-refractivity contribution in [3.05, 3.63) is 42.1 Å². The van der Waals surface area contributed by atoms with E-state index in [0.717, 1.165) is 25.1 Å². The standard InChI is InChI=1S/C19H21N5O/c1-3-11-20-18(25)16-5-4-13-24(16)19-21-12-10-17(23-19)22-15-8-6-14(2)7-9-15/h1,6-10,12,16H,4-5,11,13H2,2H3,(H,20,25)(H,21,22,23). The lowest BCUT2D eigenvalue weighted by Crippen LogP contribution is -2.44. The topological polar surface area (TPSA) is 70.2 Å².